The first-order valence-corrected chi connectivity index (χ1v) is 3.64. The number of hydrogen-bond donors (Lipinski definition) is 1. The first kappa shape index (κ1) is 7.92. The van der Waals surface area contributed by atoms with Crippen LogP contribution in [0.3, 0.4) is 0 Å². The van der Waals surface area contributed by atoms with Gasteiger partial charge in [0.1, 0.15) is 0 Å². The molecule has 11 heavy (non-hydrogen) atoms. The van der Waals surface area contributed by atoms with E-state index in [-0.39, 0.29) is 0 Å². The minimum atomic E-state index is 0.733. The maximum atomic E-state index is 6.79. The monoisotopic (exact) mass is 147 g/mol. The summed E-state index contributed by atoms with van der Waals surface area (Å²) in [6, 6.07) is 5.86. The third kappa shape index (κ3) is 2.94. The number of unbranched alkanes of at least 4 members (excludes halogenated alkanes) is 1. The van der Waals surface area contributed by atoms with Gasteiger partial charge in [-0.15, -0.1) is 0 Å². The molecule has 0 spiro atoms. The molecule has 0 aliphatic heterocycles. The lowest BCUT2D eigenvalue weighted by atomic mass is 10.2. The summed E-state index contributed by atoms with van der Waals surface area (Å²) in [6.07, 6.45) is 6.80. The van der Waals surface area contributed by atoms with E-state index in [1.807, 2.05) is 24.6 Å². The lowest BCUT2D eigenvalue weighted by Crippen LogP contribution is -1.89. The standard InChI is InChI=1S/C9H11N2/c10-7-3-1-5-9-6-2-4-8-11-9/h1-2,4,6-8,10H,3,5H2. The second kappa shape index (κ2) is 4.61. The van der Waals surface area contributed by atoms with Gasteiger partial charge in [0, 0.05) is 11.9 Å². The molecule has 2 heteroatoms. The van der Waals surface area contributed by atoms with Crippen molar-refractivity contribution in [2.24, 2.45) is 0 Å². The van der Waals surface area contributed by atoms with E-state index in [4.69, 9.17) is 5.41 Å². The van der Waals surface area contributed by atoms with Crippen molar-refractivity contribution in [3.8, 4) is 0 Å². The predicted octanol–water partition coefficient (Wildman–Crippen LogP) is 1.87. The highest BCUT2D eigenvalue weighted by molar-refractivity contribution is 5.54. The summed E-state index contributed by atoms with van der Waals surface area (Å²) >= 11 is 0. The summed E-state index contributed by atoms with van der Waals surface area (Å²) in [5, 5.41) is 6.79. The molecule has 0 unspecified atom stereocenters. The Bertz CT molecular complexity index is 206. The average Bonchev–Trinajstić information content (AvgIpc) is 2.07. The highest BCUT2D eigenvalue weighted by atomic mass is 14.7. The molecule has 0 bridgehead atoms. The largest absolute Gasteiger partial charge is 0.313 e. The first-order valence-electron chi connectivity index (χ1n) is 3.64. The molecule has 0 fully saturated rings. The maximum absolute atomic E-state index is 6.79. The van der Waals surface area contributed by atoms with Gasteiger partial charge in [-0.05, 0) is 37.6 Å². The molecule has 1 aromatic rings. The van der Waals surface area contributed by atoms with Crippen LogP contribution in [0.1, 0.15) is 12.1 Å². The fourth-order valence-electron chi connectivity index (χ4n) is 0.833. The molecule has 1 heterocycles. The van der Waals surface area contributed by atoms with Crippen molar-refractivity contribution < 1.29 is 0 Å². The van der Waals surface area contributed by atoms with Gasteiger partial charge in [-0.2, -0.15) is 0 Å². The first-order chi connectivity index (χ1) is 5.43. The minimum Gasteiger partial charge on any atom is -0.313 e. The van der Waals surface area contributed by atoms with Crippen LogP contribution in [-0.4, -0.2) is 11.2 Å². The molecule has 0 aliphatic carbocycles. The average molecular weight is 147 g/mol. The van der Waals surface area contributed by atoms with E-state index in [0.29, 0.717) is 0 Å². The van der Waals surface area contributed by atoms with Gasteiger partial charge in [0.2, 0.25) is 0 Å². The van der Waals surface area contributed by atoms with Crippen molar-refractivity contribution in [1.29, 1.82) is 5.41 Å². The number of pyridine rings is 1. The van der Waals surface area contributed by atoms with E-state index >= 15 is 0 Å². The summed E-state index contributed by atoms with van der Waals surface area (Å²) in [5.41, 5.74) is 1.06. The van der Waals surface area contributed by atoms with E-state index in [2.05, 4.69) is 4.98 Å². The second-order valence-electron chi connectivity index (χ2n) is 2.25. The Morgan fingerprint density at radius 3 is 3.00 bits per heavy atom. The molecule has 0 saturated heterocycles. The van der Waals surface area contributed by atoms with Gasteiger partial charge in [-0.25, -0.2) is 0 Å². The predicted molar refractivity (Wildman–Crippen MR) is 45.6 cm³/mol. The van der Waals surface area contributed by atoms with Crippen LogP contribution in [0.15, 0.2) is 24.4 Å². The molecule has 0 saturated carbocycles. The SMILES string of the molecule is N=CC[CH]Cc1ccccn1. The van der Waals surface area contributed by atoms with Crippen molar-refractivity contribution in [2.75, 3.05) is 0 Å². The van der Waals surface area contributed by atoms with E-state index < -0.39 is 0 Å². The molecular formula is C9H11N2. The Morgan fingerprint density at radius 2 is 2.36 bits per heavy atom. The molecule has 1 radical (unpaired) electrons. The third-order valence-corrected chi connectivity index (χ3v) is 1.36. The summed E-state index contributed by atoms with van der Waals surface area (Å²) in [4.78, 5) is 4.14. The van der Waals surface area contributed by atoms with Gasteiger partial charge in [-0.3, -0.25) is 4.98 Å². The van der Waals surface area contributed by atoms with E-state index in [0.717, 1.165) is 18.5 Å². The summed E-state index contributed by atoms with van der Waals surface area (Å²) in [7, 11) is 0. The molecule has 1 aromatic heterocycles. The van der Waals surface area contributed by atoms with Gasteiger partial charge < -0.3 is 5.41 Å². The fourth-order valence-corrected chi connectivity index (χ4v) is 0.833. The quantitative estimate of drug-likeness (QED) is 0.512. The topological polar surface area (TPSA) is 36.7 Å². The minimum absolute atomic E-state index is 0.733. The van der Waals surface area contributed by atoms with Crippen LogP contribution >= 0.6 is 0 Å². The number of nitrogens with one attached hydrogen (secondary N) is 1. The zero-order chi connectivity index (χ0) is 7.94. The van der Waals surface area contributed by atoms with Crippen LogP contribution < -0.4 is 0 Å². The zero-order valence-electron chi connectivity index (χ0n) is 6.33. The van der Waals surface area contributed by atoms with E-state index in [1.54, 1.807) is 6.20 Å². The van der Waals surface area contributed by atoms with E-state index in [9.17, 15) is 0 Å². The summed E-state index contributed by atoms with van der Waals surface area (Å²) in [5.74, 6) is 0. The van der Waals surface area contributed by atoms with Crippen LogP contribution in [0.4, 0.5) is 0 Å². The molecule has 0 aliphatic rings. The molecule has 0 atom stereocenters. The lowest BCUT2D eigenvalue weighted by Gasteiger charge is -1.95. The van der Waals surface area contributed by atoms with E-state index in [1.165, 1.54) is 6.21 Å². The third-order valence-electron chi connectivity index (χ3n) is 1.36. The van der Waals surface area contributed by atoms with Crippen molar-refractivity contribution in [2.45, 2.75) is 12.8 Å². The molecular weight excluding hydrogens is 136 g/mol. The van der Waals surface area contributed by atoms with Crippen molar-refractivity contribution in [1.82, 2.24) is 4.98 Å². The van der Waals surface area contributed by atoms with Gasteiger partial charge in [0.15, 0.2) is 0 Å². The van der Waals surface area contributed by atoms with Crippen LogP contribution in [0.25, 0.3) is 0 Å². The summed E-state index contributed by atoms with van der Waals surface area (Å²) in [6.45, 7) is 0. The molecule has 1 N–H and O–H groups in total. The zero-order valence-corrected chi connectivity index (χ0v) is 6.33. The maximum Gasteiger partial charge on any atom is 0.0406 e. The van der Waals surface area contributed by atoms with Gasteiger partial charge in [-0.1, -0.05) is 6.07 Å². The smallest absolute Gasteiger partial charge is 0.0406 e. The Balaban J connectivity index is 2.33. The van der Waals surface area contributed by atoms with Crippen LogP contribution in [-0.2, 0) is 6.42 Å². The Morgan fingerprint density at radius 1 is 1.45 bits per heavy atom. The number of nitrogens with zero attached hydrogens (tertiary/aromatic N) is 1. The number of aromatic nitrogens is 1. The Labute approximate surface area is 66.8 Å². The van der Waals surface area contributed by atoms with Crippen molar-refractivity contribution in [3.05, 3.63) is 36.5 Å². The van der Waals surface area contributed by atoms with Crippen molar-refractivity contribution in [3.63, 3.8) is 0 Å². The molecule has 1 rings (SSSR count). The molecule has 57 valence electrons. The van der Waals surface area contributed by atoms with Gasteiger partial charge in [0.05, 0.1) is 0 Å². The highest BCUT2D eigenvalue weighted by Gasteiger charge is 1.90. The number of hydrogen-bond acceptors (Lipinski definition) is 2. The summed E-state index contributed by atoms with van der Waals surface area (Å²) < 4.78 is 0. The Kier molecular flexibility index (Phi) is 3.32. The van der Waals surface area contributed by atoms with Crippen molar-refractivity contribution >= 4 is 6.21 Å². The Hall–Kier alpha value is -1.18. The second-order valence-corrected chi connectivity index (χ2v) is 2.25. The molecule has 2 nitrogen and oxygen atoms in total. The van der Waals surface area contributed by atoms with Crippen LogP contribution in [0.2, 0.25) is 0 Å². The molecule has 0 amide bonds. The highest BCUT2D eigenvalue weighted by Crippen LogP contribution is 1.98. The van der Waals surface area contributed by atoms with Crippen LogP contribution in [0.5, 0.6) is 0 Å². The van der Waals surface area contributed by atoms with Crippen LogP contribution in [0, 0.1) is 11.8 Å². The van der Waals surface area contributed by atoms with Gasteiger partial charge in [0.25, 0.3) is 0 Å². The lowest BCUT2D eigenvalue weighted by molar-refractivity contribution is 1.02. The van der Waals surface area contributed by atoms with Gasteiger partial charge >= 0.3 is 0 Å². The molecule has 0 aromatic carbocycles. The normalized spacial score (nSPS) is 9.45. The number of rotatable bonds is 4. The fraction of sp³-hybridized carbons (Fsp3) is 0.222.